The summed E-state index contributed by atoms with van der Waals surface area (Å²) in [6.45, 7) is 3.60. The van der Waals surface area contributed by atoms with Crippen LogP contribution in [-0.4, -0.2) is 16.1 Å². The molecule has 2 heterocycles. The van der Waals surface area contributed by atoms with E-state index in [9.17, 15) is 9.90 Å². The van der Waals surface area contributed by atoms with E-state index in [1.807, 2.05) is 37.3 Å². The first kappa shape index (κ1) is 17.7. The summed E-state index contributed by atoms with van der Waals surface area (Å²) in [6.07, 6.45) is 0. The van der Waals surface area contributed by atoms with Gasteiger partial charge in [0.25, 0.3) is 0 Å². The number of carboxylic acids is 1. The van der Waals surface area contributed by atoms with E-state index in [-0.39, 0.29) is 17.6 Å². The monoisotopic (exact) mass is 375 g/mol. The SMILES string of the molecule is Cc1c(C(=O)O)cccc1-c1ccc(C(C)N=Nc2nc3ccccc3o2)o1. The van der Waals surface area contributed by atoms with Gasteiger partial charge in [-0.25, -0.2) is 4.79 Å². The number of para-hydroxylation sites is 2. The van der Waals surface area contributed by atoms with Crippen LogP contribution in [0.15, 0.2) is 73.7 Å². The van der Waals surface area contributed by atoms with Gasteiger partial charge in [-0.2, -0.15) is 10.1 Å². The number of azo groups is 1. The molecule has 1 N–H and O–H groups in total. The van der Waals surface area contributed by atoms with Crippen molar-refractivity contribution in [1.29, 1.82) is 0 Å². The summed E-state index contributed by atoms with van der Waals surface area (Å²) in [4.78, 5) is 15.6. The number of fused-ring (bicyclic) bond motifs is 1. The standard InChI is InChI=1S/C21H17N3O4/c1-12-14(6-5-7-15(12)20(25)26)18-11-10-17(27-18)13(2)23-24-21-22-16-8-3-4-9-19(16)28-21/h3-11,13H,1-2H3,(H,25,26). The molecular formula is C21H17N3O4. The van der Waals surface area contributed by atoms with E-state index in [1.165, 1.54) is 0 Å². The van der Waals surface area contributed by atoms with Crippen molar-refractivity contribution in [3.05, 3.63) is 71.5 Å². The number of carboxylic acid groups (broad SMARTS) is 1. The largest absolute Gasteiger partial charge is 0.478 e. The molecule has 0 fully saturated rings. The molecule has 0 aliphatic rings. The third-order valence-electron chi connectivity index (χ3n) is 4.47. The zero-order chi connectivity index (χ0) is 19.7. The van der Waals surface area contributed by atoms with Crippen LogP contribution in [0.3, 0.4) is 0 Å². The van der Waals surface area contributed by atoms with Crippen LogP contribution in [0.5, 0.6) is 0 Å². The Labute approximate surface area is 160 Å². The minimum Gasteiger partial charge on any atom is -0.478 e. The zero-order valence-electron chi connectivity index (χ0n) is 15.3. The minimum absolute atomic E-state index is 0.185. The summed E-state index contributed by atoms with van der Waals surface area (Å²) >= 11 is 0. The van der Waals surface area contributed by atoms with Gasteiger partial charge in [-0.15, -0.1) is 0 Å². The Hall–Kier alpha value is -3.74. The van der Waals surface area contributed by atoms with E-state index in [2.05, 4.69) is 15.2 Å². The Morgan fingerprint density at radius 3 is 2.68 bits per heavy atom. The lowest BCUT2D eigenvalue weighted by atomic mass is 10.0. The van der Waals surface area contributed by atoms with Crippen molar-refractivity contribution in [2.45, 2.75) is 19.9 Å². The van der Waals surface area contributed by atoms with Gasteiger partial charge in [0.1, 0.15) is 23.1 Å². The van der Waals surface area contributed by atoms with Crippen LogP contribution in [0.25, 0.3) is 22.4 Å². The predicted octanol–water partition coefficient (Wildman–Crippen LogP) is 5.94. The van der Waals surface area contributed by atoms with Crippen molar-refractivity contribution in [2.24, 2.45) is 10.2 Å². The molecule has 0 amide bonds. The van der Waals surface area contributed by atoms with Crippen molar-refractivity contribution in [1.82, 2.24) is 4.98 Å². The molecule has 1 unspecified atom stereocenters. The van der Waals surface area contributed by atoms with E-state index < -0.39 is 5.97 Å². The number of rotatable bonds is 5. The molecular weight excluding hydrogens is 358 g/mol. The summed E-state index contributed by atoms with van der Waals surface area (Å²) in [5.41, 5.74) is 3.00. The number of aromatic nitrogens is 1. The lowest BCUT2D eigenvalue weighted by Gasteiger charge is -2.06. The summed E-state index contributed by atoms with van der Waals surface area (Å²) in [6, 6.07) is 15.9. The van der Waals surface area contributed by atoms with Crippen LogP contribution in [0.2, 0.25) is 0 Å². The van der Waals surface area contributed by atoms with Crippen LogP contribution < -0.4 is 0 Å². The maximum absolute atomic E-state index is 11.3. The van der Waals surface area contributed by atoms with Crippen molar-refractivity contribution in [2.75, 3.05) is 0 Å². The Morgan fingerprint density at radius 2 is 1.89 bits per heavy atom. The molecule has 2 aromatic heterocycles. The number of hydrogen-bond acceptors (Lipinski definition) is 6. The molecule has 28 heavy (non-hydrogen) atoms. The van der Waals surface area contributed by atoms with E-state index in [1.54, 1.807) is 31.2 Å². The lowest BCUT2D eigenvalue weighted by Crippen LogP contribution is -2.00. The summed E-state index contributed by atoms with van der Waals surface area (Å²) in [7, 11) is 0. The van der Waals surface area contributed by atoms with Gasteiger partial charge in [0.15, 0.2) is 5.58 Å². The number of carbonyl (C=O) groups is 1. The second-order valence-corrected chi connectivity index (χ2v) is 6.34. The molecule has 0 bridgehead atoms. The smallest absolute Gasteiger partial charge is 0.341 e. The normalized spacial score (nSPS) is 12.6. The molecule has 1 atom stereocenters. The topological polar surface area (TPSA) is 101 Å². The summed E-state index contributed by atoms with van der Waals surface area (Å²) < 4.78 is 11.4. The van der Waals surface area contributed by atoms with Crippen LogP contribution in [0, 0.1) is 6.92 Å². The van der Waals surface area contributed by atoms with Gasteiger partial charge in [-0.05, 0) is 49.7 Å². The van der Waals surface area contributed by atoms with Crippen molar-refractivity contribution >= 4 is 23.1 Å². The quantitative estimate of drug-likeness (QED) is 0.435. The molecule has 7 heteroatoms. The number of aromatic carboxylic acids is 1. The second kappa shape index (κ2) is 7.11. The number of oxazole rings is 1. The molecule has 4 rings (SSSR count). The van der Waals surface area contributed by atoms with Crippen LogP contribution >= 0.6 is 0 Å². The van der Waals surface area contributed by atoms with Gasteiger partial charge in [0.05, 0.1) is 5.56 Å². The molecule has 2 aromatic carbocycles. The van der Waals surface area contributed by atoms with Gasteiger partial charge in [-0.3, -0.25) is 0 Å². The Bertz CT molecular complexity index is 1160. The third kappa shape index (κ3) is 3.29. The van der Waals surface area contributed by atoms with Gasteiger partial charge in [0.2, 0.25) is 0 Å². The zero-order valence-corrected chi connectivity index (χ0v) is 15.3. The fourth-order valence-corrected chi connectivity index (χ4v) is 2.95. The molecule has 0 aliphatic carbocycles. The first-order valence-electron chi connectivity index (χ1n) is 8.72. The highest BCUT2D eigenvalue weighted by Gasteiger charge is 2.16. The number of hydrogen-bond donors (Lipinski definition) is 1. The van der Waals surface area contributed by atoms with Gasteiger partial charge >= 0.3 is 12.0 Å². The van der Waals surface area contributed by atoms with Crippen LogP contribution in [0.4, 0.5) is 6.01 Å². The molecule has 0 saturated heterocycles. The van der Waals surface area contributed by atoms with Crippen LogP contribution in [0.1, 0.15) is 34.6 Å². The average Bonchev–Trinajstić information content (AvgIpc) is 3.33. The van der Waals surface area contributed by atoms with Gasteiger partial charge in [-0.1, -0.05) is 29.4 Å². The Kier molecular flexibility index (Phi) is 4.49. The fourth-order valence-electron chi connectivity index (χ4n) is 2.95. The predicted molar refractivity (Wildman–Crippen MR) is 103 cm³/mol. The van der Waals surface area contributed by atoms with E-state index in [0.717, 1.165) is 11.1 Å². The fraction of sp³-hybridized carbons (Fsp3) is 0.143. The van der Waals surface area contributed by atoms with Crippen LogP contribution in [-0.2, 0) is 0 Å². The second-order valence-electron chi connectivity index (χ2n) is 6.34. The molecule has 140 valence electrons. The molecule has 0 spiro atoms. The maximum Gasteiger partial charge on any atom is 0.341 e. The summed E-state index contributed by atoms with van der Waals surface area (Å²) in [5, 5.41) is 17.6. The van der Waals surface area contributed by atoms with Gasteiger partial charge < -0.3 is 13.9 Å². The van der Waals surface area contributed by atoms with Crippen molar-refractivity contribution in [3.63, 3.8) is 0 Å². The maximum atomic E-state index is 11.3. The minimum atomic E-state index is -0.966. The molecule has 0 saturated carbocycles. The number of benzene rings is 2. The highest BCUT2D eigenvalue weighted by atomic mass is 16.4. The number of nitrogens with zero attached hydrogens (tertiary/aromatic N) is 3. The highest BCUT2D eigenvalue weighted by Crippen LogP contribution is 2.31. The molecule has 4 aromatic rings. The lowest BCUT2D eigenvalue weighted by molar-refractivity contribution is 0.0696. The molecule has 0 radical (unpaired) electrons. The Morgan fingerprint density at radius 1 is 1.07 bits per heavy atom. The van der Waals surface area contributed by atoms with E-state index in [0.29, 0.717) is 22.7 Å². The van der Waals surface area contributed by atoms with Crippen molar-refractivity contribution in [3.8, 4) is 11.3 Å². The van der Waals surface area contributed by atoms with Crippen molar-refractivity contribution < 1.29 is 18.7 Å². The average molecular weight is 375 g/mol. The highest BCUT2D eigenvalue weighted by molar-refractivity contribution is 5.91. The Balaban J connectivity index is 1.57. The molecule has 0 aliphatic heterocycles. The summed E-state index contributed by atoms with van der Waals surface area (Å²) in [5.74, 6) is 0.223. The van der Waals surface area contributed by atoms with Gasteiger partial charge in [0, 0.05) is 5.56 Å². The van der Waals surface area contributed by atoms with E-state index in [4.69, 9.17) is 8.83 Å². The third-order valence-corrected chi connectivity index (χ3v) is 4.47. The first-order chi connectivity index (χ1) is 13.5. The number of furan rings is 1. The first-order valence-corrected chi connectivity index (χ1v) is 8.72. The van der Waals surface area contributed by atoms with E-state index >= 15 is 0 Å². The molecule has 7 nitrogen and oxygen atoms in total.